The molecule has 106 valence electrons. The third-order valence-electron chi connectivity index (χ3n) is 3.61. The molecule has 0 fully saturated rings. The molecule has 0 saturated heterocycles. The second-order valence-electron chi connectivity index (χ2n) is 5.25. The van der Waals surface area contributed by atoms with Crippen LogP contribution in [0.1, 0.15) is 16.7 Å². The van der Waals surface area contributed by atoms with Gasteiger partial charge in [-0.3, -0.25) is 0 Å². The van der Waals surface area contributed by atoms with Gasteiger partial charge in [-0.05, 0) is 37.1 Å². The molecule has 1 heterocycles. The Kier molecular flexibility index (Phi) is 3.73. The van der Waals surface area contributed by atoms with Crippen LogP contribution in [0, 0.1) is 13.8 Å². The zero-order valence-electron chi connectivity index (χ0n) is 12.4. The Morgan fingerprint density at radius 3 is 2.38 bits per heavy atom. The highest BCUT2D eigenvalue weighted by atomic mass is 15.3. The van der Waals surface area contributed by atoms with Crippen molar-refractivity contribution in [1.82, 2.24) is 9.78 Å². The quantitative estimate of drug-likeness (QED) is 0.778. The van der Waals surface area contributed by atoms with Gasteiger partial charge in [-0.15, -0.1) is 0 Å². The van der Waals surface area contributed by atoms with E-state index in [0.717, 1.165) is 12.2 Å². The minimum Gasteiger partial charge on any atom is -0.380 e. The fraction of sp³-hybridized carbons (Fsp3) is 0.167. The van der Waals surface area contributed by atoms with Gasteiger partial charge in [0.1, 0.15) is 0 Å². The van der Waals surface area contributed by atoms with Gasteiger partial charge in [0.2, 0.25) is 0 Å². The zero-order valence-corrected chi connectivity index (χ0v) is 12.4. The zero-order chi connectivity index (χ0) is 14.7. The third-order valence-corrected chi connectivity index (χ3v) is 3.61. The van der Waals surface area contributed by atoms with Crippen molar-refractivity contribution in [2.24, 2.45) is 0 Å². The van der Waals surface area contributed by atoms with E-state index in [1.165, 1.54) is 22.4 Å². The average Bonchev–Trinajstić information content (AvgIpc) is 2.97. The van der Waals surface area contributed by atoms with Crippen molar-refractivity contribution in [3.8, 4) is 5.69 Å². The summed E-state index contributed by atoms with van der Waals surface area (Å²) in [6.45, 7) is 5.03. The van der Waals surface area contributed by atoms with Crippen LogP contribution in [0.25, 0.3) is 5.69 Å². The lowest BCUT2D eigenvalue weighted by molar-refractivity contribution is 0.880. The predicted octanol–water partition coefficient (Wildman–Crippen LogP) is 4.10. The molecular formula is C18H19N3. The topological polar surface area (TPSA) is 29.9 Å². The monoisotopic (exact) mass is 277 g/mol. The van der Waals surface area contributed by atoms with Crippen molar-refractivity contribution in [3.05, 3.63) is 77.6 Å². The van der Waals surface area contributed by atoms with Gasteiger partial charge >= 0.3 is 0 Å². The highest BCUT2D eigenvalue weighted by Crippen LogP contribution is 2.20. The van der Waals surface area contributed by atoms with Gasteiger partial charge in [-0.2, -0.15) is 5.10 Å². The second-order valence-corrected chi connectivity index (χ2v) is 5.25. The Bertz CT molecular complexity index is 709. The summed E-state index contributed by atoms with van der Waals surface area (Å²) in [6.07, 6.45) is 3.98. The third kappa shape index (κ3) is 2.97. The molecule has 0 aliphatic heterocycles. The molecule has 0 atom stereocenters. The summed E-state index contributed by atoms with van der Waals surface area (Å²) in [7, 11) is 0. The molecule has 3 heteroatoms. The number of anilines is 1. The maximum atomic E-state index is 4.42. The summed E-state index contributed by atoms with van der Waals surface area (Å²) in [5.41, 5.74) is 6.00. The van der Waals surface area contributed by atoms with Crippen LogP contribution in [0.5, 0.6) is 0 Å². The predicted molar refractivity (Wildman–Crippen MR) is 86.8 cm³/mol. The molecule has 0 bridgehead atoms. The Morgan fingerprint density at radius 2 is 1.67 bits per heavy atom. The molecule has 0 radical (unpaired) electrons. The molecule has 0 spiro atoms. The van der Waals surface area contributed by atoms with Crippen LogP contribution in [0.15, 0.2) is 60.9 Å². The minimum absolute atomic E-state index is 0.776. The lowest BCUT2D eigenvalue weighted by Gasteiger charge is -2.11. The summed E-state index contributed by atoms with van der Waals surface area (Å²) in [6, 6.07) is 16.5. The van der Waals surface area contributed by atoms with E-state index < -0.39 is 0 Å². The van der Waals surface area contributed by atoms with Gasteiger partial charge in [0.25, 0.3) is 0 Å². The van der Waals surface area contributed by atoms with Crippen LogP contribution in [-0.4, -0.2) is 9.78 Å². The van der Waals surface area contributed by atoms with E-state index >= 15 is 0 Å². The van der Waals surface area contributed by atoms with Crippen LogP contribution >= 0.6 is 0 Å². The number of nitrogens with one attached hydrogen (secondary N) is 1. The highest BCUT2D eigenvalue weighted by Gasteiger charge is 2.04. The Balaban J connectivity index is 1.74. The molecule has 3 aromatic rings. The van der Waals surface area contributed by atoms with Gasteiger partial charge in [0.15, 0.2) is 0 Å². The Morgan fingerprint density at radius 1 is 0.952 bits per heavy atom. The SMILES string of the molecule is Cc1cccc(C)c1NCc1cnn(-c2ccccc2)c1. The number of benzene rings is 2. The van der Waals surface area contributed by atoms with Crippen molar-refractivity contribution < 1.29 is 0 Å². The number of hydrogen-bond donors (Lipinski definition) is 1. The average molecular weight is 277 g/mol. The van der Waals surface area contributed by atoms with Crippen LogP contribution in [0.2, 0.25) is 0 Å². The molecule has 1 N–H and O–H groups in total. The van der Waals surface area contributed by atoms with Crippen molar-refractivity contribution in [2.75, 3.05) is 5.32 Å². The molecule has 1 aromatic heterocycles. The number of aryl methyl sites for hydroxylation is 2. The first-order chi connectivity index (χ1) is 10.2. The number of hydrogen-bond acceptors (Lipinski definition) is 2. The fourth-order valence-electron chi connectivity index (χ4n) is 2.46. The largest absolute Gasteiger partial charge is 0.380 e. The van der Waals surface area contributed by atoms with E-state index in [4.69, 9.17) is 0 Å². The van der Waals surface area contributed by atoms with E-state index in [2.05, 4.69) is 60.8 Å². The lowest BCUT2D eigenvalue weighted by atomic mass is 10.1. The fourth-order valence-corrected chi connectivity index (χ4v) is 2.46. The maximum absolute atomic E-state index is 4.42. The number of aromatic nitrogens is 2. The summed E-state index contributed by atoms with van der Waals surface area (Å²) in [5, 5.41) is 7.93. The van der Waals surface area contributed by atoms with Gasteiger partial charge in [-0.25, -0.2) is 4.68 Å². The standard InChI is InChI=1S/C18H19N3/c1-14-7-6-8-15(2)18(14)19-11-16-12-20-21(13-16)17-9-4-3-5-10-17/h3-10,12-13,19H,11H2,1-2H3. The first-order valence-corrected chi connectivity index (χ1v) is 7.13. The summed E-state index contributed by atoms with van der Waals surface area (Å²) >= 11 is 0. The van der Waals surface area contributed by atoms with E-state index in [9.17, 15) is 0 Å². The van der Waals surface area contributed by atoms with Crippen molar-refractivity contribution in [3.63, 3.8) is 0 Å². The summed E-state index contributed by atoms with van der Waals surface area (Å²) in [4.78, 5) is 0. The molecule has 0 unspecified atom stereocenters. The molecule has 0 aliphatic carbocycles. The molecular weight excluding hydrogens is 258 g/mol. The van der Waals surface area contributed by atoms with Crippen molar-refractivity contribution in [1.29, 1.82) is 0 Å². The van der Waals surface area contributed by atoms with E-state index in [0.29, 0.717) is 0 Å². The molecule has 0 amide bonds. The molecule has 3 nitrogen and oxygen atoms in total. The lowest BCUT2D eigenvalue weighted by Crippen LogP contribution is -2.02. The smallest absolute Gasteiger partial charge is 0.0645 e. The number of para-hydroxylation sites is 2. The highest BCUT2D eigenvalue weighted by molar-refractivity contribution is 5.56. The van der Waals surface area contributed by atoms with Crippen molar-refractivity contribution in [2.45, 2.75) is 20.4 Å². The van der Waals surface area contributed by atoms with Gasteiger partial charge in [0, 0.05) is 24.0 Å². The summed E-state index contributed by atoms with van der Waals surface area (Å²) in [5.74, 6) is 0. The Hall–Kier alpha value is -2.55. The van der Waals surface area contributed by atoms with Crippen LogP contribution in [0.4, 0.5) is 5.69 Å². The minimum atomic E-state index is 0.776. The van der Waals surface area contributed by atoms with Crippen molar-refractivity contribution >= 4 is 5.69 Å². The molecule has 0 aliphatic rings. The van der Waals surface area contributed by atoms with Gasteiger partial charge in [-0.1, -0.05) is 36.4 Å². The molecule has 3 rings (SSSR count). The van der Waals surface area contributed by atoms with Crippen LogP contribution in [-0.2, 0) is 6.54 Å². The molecule has 0 saturated carbocycles. The number of rotatable bonds is 4. The first kappa shape index (κ1) is 13.4. The molecule has 2 aromatic carbocycles. The normalized spacial score (nSPS) is 10.6. The van der Waals surface area contributed by atoms with E-state index in [1.807, 2.05) is 29.1 Å². The number of nitrogens with zero attached hydrogens (tertiary/aromatic N) is 2. The first-order valence-electron chi connectivity index (χ1n) is 7.13. The van der Waals surface area contributed by atoms with Crippen LogP contribution in [0.3, 0.4) is 0 Å². The second kappa shape index (κ2) is 5.83. The summed E-state index contributed by atoms with van der Waals surface area (Å²) < 4.78 is 1.90. The van der Waals surface area contributed by atoms with E-state index in [1.54, 1.807) is 0 Å². The van der Waals surface area contributed by atoms with Gasteiger partial charge in [0.05, 0.1) is 11.9 Å². The van der Waals surface area contributed by atoms with E-state index in [-0.39, 0.29) is 0 Å². The maximum Gasteiger partial charge on any atom is 0.0645 e. The van der Waals surface area contributed by atoms with Gasteiger partial charge < -0.3 is 5.32 Å². The molecule has 21 heavy (non-hydrogen) atoms. The van der Waals surface area contributed by atoms with Crippen LogP contribution < -0.4 is 5.32 Å². The Labute approximate surface area is 125 Å².